The second-order valence-electron chi connectivity index (χ2n) is 6.97. The molecule has 1 aromatic heterocycles. The number of carbonyl (C=O) groups is 1. The molecule has 4 saturated carbocycles. The Bertz CT molecular complexity index is 523. The molecule has 4 fully saturated rings. The van der Waals surface area contributed by atoms with Crippen LogP contribution in [0.15, 0.2) is 6.20 Å². The Morgan fingerprint density at radius 3 is 2.40 bits per heavy atom. The number of hydrogen-bond donors (Lipinski definition) is 2. The van der Waals surface area contributed by atoms with Crippen molar-refractivity contribution in [3.05, 3.63) is 11.9 Å². The molecule has 0 amide bonds. The third kappa shape index (κ3) is 1.83. The summed E-state index contributed by atoms with van der Waals surface area (Å²) in [6.45, 7) is 0. The van der Waals surface area contributed by atoms with Gasteiger partial charge in [-0.15, -0.1) is 0 Å². The smallest absolute Gasteiger partial charge is 0.358 e. The van der Waals surface area contributed by atoms with E-state index in [2.05, 4.69) is 10.4 Å². The summed E-state index contributed by atoms with van der Waals surface area (Å²) < 4.78 is 1.59. The van der Waals surface area contributed by atoms with E-state index < -0.39 is 5.97 Å². The topological polar surface area (TPSA) is 67.2 Å². The number of aromatic nitrogens is 2. The Balaban J connectivity index is 1.59. The molecular weight excluding hydrogens is 254 g/mol. The number of anilines is 1. The Labute approximate surface area is 118 Å². The summed E-state index contributed by atoms with van der Waals surface area (Å²) >= 11 is 0. The van der Waals surface area contributed by atoms with E-state index in [1.54, 1.807) is 17.9 Å². The van der Waals surface area contributed by atoms with Gasteiger partial charge in [0.1, 0.15) is 0 Å². The molecule has 1 heterocycles. The average molecular weight is 275 g/mol. The number of nitrogens with one attached hydrogen (secondary N) is 1. The zero-order chi connectivity index (χ0) is 13.9. The number of aryl methyl sites for hydroxylation is 1. The summed E-state index contributed by atoms with van der Waals surface area (Å²) in [6, 6.07) is 0.449. The number of hydrogen-bond acceptors (Lipinski definition) is 3. The van der Waals surface area contributed by atoms with Gasteiger partial charge in [0.15, 0.2) is 5.69 Å². The molecule has 108 valence electrons. The lowest BCUT2D eigenvalue weighted by atomic mass is 9.54. The van der Waals surface area contributed by atoms with Gasteiger partial charge in [0, 0.05) is 19.3 Å². The molecule has 0 unspecified atom stereocenters. The van der Waals surface area contributed by atoms with Crippen molar-refractivity contribution in [2.45, 2.75) is 38.1 Å². The first-order valence-electron chi connectivity index (χ1n) is 7.63. The van der Waals surface area contributed by atoms with Gasteiger partial charge in [0.25, 0.3) is 0 Å². The van der Waals surface area contributed by atoms with Crippen LogP contribution in [0.2, 0.25) is 0 Å². The fraction of sp³-hybridized carbons (Fsp3) is 0.733. The molecule has 4 bridgehead atoms. The highest BCUT2D eigenvalue weighted by molar-refractivity contribution is 5.91. The molecular formula is C15H21N3O2. The molecule has 4 aliphatic rings. The summed E-state index contributed by atoms with van der Waals surface area (Å²) in [5, 5.41) is 16.8. The number of carboxylic acids is 1. The first kappa shape index (κ1) is 12.2. The number of nitrogens with zero attached hydrogens (tertiary/aromatic N) is 2. The molecule has 1 aromatic rings. The van der Waals surface area contributed by atoms with Crippen molar-refractivity contribution in [2.24, 2.45) is 30.7 Å². The van der Waals surface area contributed by atoms with Gasteiger partial charge in [-0.3, -0.25) is 4.68 Å². The molecule has 2 N–H and O–H groups in total. The van der Waals surface area contributed by atoms with Gasteiger partial charge >= 0.3 is 5.97 Å². The maximum Gasteiger partial charge on any atom is 0.358 e. The quantitative estimate of drug-likeness (QED) is 0.888. The summed E-state index contributed by atoms with van der Waals surface area (Å²) in [4.78, 5) is 11.3. The van der Waals surface area contributed by atoms with E-state index in [4.69, 9.17) is 0 Å². The van der Waals surface area contributed by atoms with Crippen molar-refractivity contribution in [3.63, 3.8) is 0 Å². The van der Waals surface area contributed by atoms with Crippen molar-refractivity contribution in [3.8, 4) is 0 Å². The van der Waals surface area contributed by atoms with Crippen molar-refractivity contribution >= 4 is 11.7 Å². The Morgan fingerprint density at radius 2 is 1.85 bits per heavy atom. The second-order valence-corrected chi connectivity index (χ2v) is 6.97. The minimum Gasteiger partial charge on any atom is -0.476 e. The van der Waals surface area contributed by atoms with Crippen LogP contribution >= 0.6 is 0 Å². The number of rotatable bonds is 3. The summed E-state index contributed by atoms with van der Waals surface area (Å²) in [5.74, 6) is 2.38. The van der Waals surface area contributed by atoms with Gasteiger partial charge in [-0.1, -0.05) is 0 Å². The van der Waals surface area contributed by atoms with Crippen molar-refractivity contribution in [2.75, 3.05) is 5.32 Å². The number of aromatic carboxylic acids is 1. The van der Waals surface area contributed by atoms with Crippen LogP contribution in [-0.2, 0) is 7.05 Å². The first-order chi connectivity index (χ1) is 9.60. The highest BCUT2D eigenvalue weighted by atomic mass is 16.4. The third-order valence-corrected chi connectivity index (χ3v) is 5.58. The molecule has 5 heteroatoms. The van der Waals surface area contributed by atoms with Crippen LogP contribution in [-0.4, -0.2) is 26.9 Å². The highest BCUT2D eigenvalue weighted by Gasteiger charge is 2.48. The SMILES string of the molecule is Cn1cc(NC2C3CC4CC(C3)CC2C4)c(C(=O)O)n1. The van der Waals surface area contributed by atoms with Crippen molar-refractivity contribution in [1.29, 1.82) is 0 Å². The summed E-state index contributed by atoms with van der Waals surface area (Å²) in [6.07, 6.45) is 8.54. The van der Waals surface area contributed by atoms with Crippen LogP contribution < -0.4 is 5.32 Å². The Morgan fingerprint density at radius 1 is 1.25 bits per heavy atom. The summed E-state index contributed by atoms with van der Waals surface area (Å²) in [5.41, 5.74) is 0.846. The van der Waals surface area contributed by atoms with Crippen LogP contribution in [0.5, 0.6) is 0 Å². The maximum atomic E-state index is 11.3. The van der Waals surface area contributed by atoms with Crippen molar-refractivity contribution in [1.82, 2.24) is 9.78 Å². The summed E-state index contributed by atoms with van der Waals surface area (Å²) in [7, 11) is 1.77. The Hall–Kier alpha value is -1.52. The van der Waals surface area contributed by atoms with E-state index in [-0.39, 0.29) is 5.69 Å². The van der Waals surface area contributed by atoms with E-state index >= 15 is 0 Å². The van der Waals surface area contributed by atoms with E-state index in [1.165, 1.54) is 32.1 Å². The second kappa shape index (κ2) is 4.24. The van der Waals surface area contributed by atoms with Crippen LogP contribution in [0.25, 0.3) is 0 Å². The molecule has 0 radical (unpaired) electrons. The minimum absolute atomic E-state index is 0.154. The standard InChI is InChI=1S/C15H21N3O2/c1-18-7-12(14(17-18)15(19)20)16-13-10-3-8-2-9(5-10)6-11(13)4-8/h7-11,13,16H,2-6H2,1H3,(H,19,20). The zero-order valence-electron chi connectivity index (χ0n) is 11.7. The molecule has 0 spiro atoms. The molecule has 0 aromatic carbocycles. The van der Waals surface area contributed by atoms with Gasteiger partial charge in [0.2, 0.25) is 0 Å². The predicted molar refractivity (Wildman–Crippen MR) is 74.6 cm³/mol. The van der Waals surface area contributed by atoms with E-state index in [0.29, 0.717) is 11.7 Å². The molecule has 0 saturated heterocycles. The lowest BCUT2D eigenvalue weighted by Crippen LogP contribution is -2.51. The molecule has 5 rings (SSSR count). The van der Waals surface area contributed by atoms with Crippen LogP contribution in [0.4, 0.5) is 5.69 Å². The van der Waals surface area contributed by atoms with Gasteiger partial charge < -0.3 is 10.4 Å². The van der Waals surface area contributed by atoms with Gasteiger partial charge in [-0.25, -0.2) is 4.79 Å². The van der Waals surface area contributed by atoms with E-state index in [9.17, 15) is 9.90 Å². The normalized spacial score (nSPS) is 38.1. The maximum absolute atomic E-state index is 11.3. The van der Waals surface area contributed by atoms with E-state index in [0.717, 1.165) is 23.7 Å². The average Bonchev–Trinajstić information content (AvgIpc) is 2.74. The fourth-order valence-corrected chi connectivity index (χ4v) is 5.09. The largest absolute Gasteiger partial charge is 0.476 e. The predicted octanol–water partition coefficient (Wildman–Crippen LogP) is 2.35. The minimum atomic E-state index is -0.947. The molecule has 0 aliphatic heterocycles. The lowest BCUT2D eigenvalue weighted by molar-refractivity contribution is 0.00748. The highest BCUT2D eigenvalue weighted by Crippen LogP contribution is 2.54. The fourth-order valence-electron chi connectivity index (χ4n) is 5.09. The monoisotopic (exact) mass is 275 g/mol. The van der Waals surface area contributed by atoms with Crippen molar-refractivity contribution < 1.29 is 9.90 Å². The number of carboxylic acid groups (broad SMARTS) is 1. The first-order valence-corrected chi connectivity index (χ1v) is 7.63. The van der Waals surface area contributed by atoms with Crippen LogP contribution in [0, 0.1) is 23.7 Å². The molecule has 0 atom stereocenters. The third-order valence-electron chi connectivity index (χ3n) is 5.58. The van der Waals surface area contributed by atoms with Crippen LogP contribution in [0.1, 0.15) is 42.6 Å². The zero-order valence-corrected chi connectivity index (χ0v) is 11.7. The van der Waals surface area contributed by atoms with Gasteiger partial charge in [0.05, 0.1) is 5.69 Å². The lowest BCUT2D eigenvalue weighted by Gasteiger charge is -2.54. The molecule has 5 nitrogen and oxygen atoms in total. The van der Waals surface area contributed by atoms with E-state index in [1.807, 2.05) is 0 Å². The van der Waals surface area contributed by atoms with Gasteiger partial charge in [-0.2, -0.15) is 5.10 Å². The van der Waals surface area contributed by atoms with Gasteiger partial charge in [-0.05, 0) is 55.8 Å². The Kier molecular flexibility index (Phi) is 2.59. The molecule has 20 heavy (non-hydrogen) atoms. The van der Waals surface area contributed by atoms with Crippen LogP contribution in [0.3, 0.4) is 0 Å². The molecule has 4 aliphatic carbocycles.